The molecule has 1 aromatic rings. The van der Waals surface area contributed by atoms with Crippen molar-refractivity contribution in [2.24, 2.45) is 5.73 Å². The maximum Gasteiger partial charge on any atom is 0.401 e. The first-order chi connectivity index (χ1) is 7.46. The van der Waals surface area contributed by atoms with Gasteiger partial charge in [0.15, 0.2) is 0 Å². The fourth-order valence-electron chi connectivity index (χ4n) is 1.46. The van der Waals surface area contributed by atoms with Crippen molar-refractivity contribution in [3.8, 4) is 0 Å². The van der Waals surface area contributed by atoms with Crippen molar-refractivity contribution >= 4 is 0 Å². The summed E-state index contributed by atoms with van der Waals surface area (Å²) in [6.45, 7) is 1.51. The van der Waals surface area contributed by atoms with E-state index in [1.54, 1.807) is 13.0 Å². The molecule has 92 valence electrons. The second-order valence-electron chi connectivity index (χ2n) is 3.49. The van der Waals surface area contributed by atoms with Gasteiger partial charge in [0.1, 0.15) is 5.76 Å². The molecule has 1 heterocycles. The number of furan rings is 1. The average molecular weight is 236 g/mol. The summed E-state index contributed by atoms with van der Waals surface area (Å²) in [5, 5.41) is 0. The van der Waals surface area contributed by atoms with E-state index in [1.165, 1.54) is 11.2 Å². The minimum atomic E-state index is -4.18. The first-order valence-corrected chi connectivity index (χ1v) is 5.00. The van der Waals surface area contributed by atoms with Gasteiger partial charge in [0.2, 0.25) is 0 Å². The number of hydrogen-bond acceptors (Lipinski definition) is 3. The Bertz CT molecular complexity index is 322. The lowest BCUT2D eigenvalue weighted by Crippen LogP contribution is -2.33. The van der Waals surface area contributed by atoms with Gasteiger partial charge in [0.05, 0.1) is 19.4 Å². The molecule has 0 spiro atoms. The third-order valence-electron chi connectivity index (χ3n) is 2.27. The van der Waals surface area contributed by atoms with Crippen LogP contribution in [-0.4, -0.2) is 24.2 Å². The Hall–Kier alpha value is -1.01. The van der Waals surface area contributed by atoms with Crippen LogP contribution < -0.4 is 5.73 Å². The van der Waals surface area contributed by atoms with Gasteiger partial charge in [-0.1, -0.05) is 6.92 Å². The molecule has 0 fully saturated rings. The van der Waals surface area contributed by atoms with Crippen molar-refractivity contribution in [2.45, 2.75) is 26.2 Å². The molecule has 0 aliphatic carbocycles. The largest absolute Gasteiger partial charge is 0.468 e. The predicted molar refractivity (Wildman–Crippen MR) is 53.6 cm³/mol. The molecule has 0 unspecified atom stereocenters. The van der Waals surface area contributed by atoms with Gasteiger partial charge in [-0.05, 0) is 12.6 Å². The van der Waals surface area contributed by atoms with Crippen molar-refractivity contribution in [1.82, 2.24) is 4.90 Å². The van der Waals surface area contributed by atoms with Gasteiger partial charge in [-0.15, -0.1) is 0 Å². The summed E-state index contributed by atoms with van der Waals surface area (Å²) in [6, 6.07) is 1.65. The molecule has 1 rings (SSSR count). The average Bonchev–Trinajstić information content (AvgIpc) is 2.62. The zero-order valence-electron chi connectivity index (χ0n) is 9.05. The maximum absolute atomic E-state index is 12.2. The number of nitrogens with two attached hydrogens (primary N) is 1. The van der Waals surface area contributed by atoms with Crippen LogP contribution in [0.25, 0.3) is 0 Å². The van der Waals surface area contributed by atoms with E-state index in [1.807, 2.05) is 0 Å². The van der Waals surface area contributed by atoms with Crippen LogP contribution in [0.5, 0.6) is 0 Å². The summed E-state index contributed by atoms with van der Waals surface area (Å²) in [7, 11) is 0. The summed E-state index contributed by atoms with van der Waals surface area (Å²) < 4.78 is 41.7. The molecule has 0 amide bonds. The highest BCUT2D eigenvalue weighted by Gasteiger charge is 2.30. The number of halogens is 3. The molecular weight excluding hydrogens is 221 g/mol. The predicted octanol–water partition coefficient (Wildman–Crippen LogP) is 2.12. The highest BCUT2D eigenvalue weighted by molar-refractivity contribution is 5.16. The molecule has 2 N–H and O–H groups in total. The van der Waals surface area contributed by atoms with E-state index in [0.717, 1.165) is 0 Å². The van der Waals surface area contributed by atoms with Crippen molar-refractivity contribution in [1.29, 1.82) is 0 Å². The monoisotopic (exact) mass is 236 g/mol. The molecule has 0 radical (unpaired) electrons. The molecule has 0 atom stereocenters. The van der Waals surface area contributed by atoms with E-state index in [4.69, 9.17) is 10.2 Å². The van der Waals surface area contributed by atoms with E-state index in [2.05, 4.69) is 0 Å². The Morgan fingerprint density at radius 3 is 2.62 bits per heavy atom. The van der Waals surface area contributed by atoms with Crippen molar-refractivity contribution < 1.29 is 17.6 Å². The van der Waals surface area contributed by atoms with Crippen LogP contribution in [-0.2, 0) is 13.1 Å². The van der Waals surface area contributed by atoms with Crippen LogP contribution in [0.1, 0.15) is 18.2 Å². The molecule has 16 heavy (non-hydrogen) atoms. The Labute approximate surface area is 92.0 Å². The van der Waals surface area contributed by atoms with Crippen LogP contribution in [0.3, 0.4) is 0 Å². The Kier molecular flexibility index (Phi) is 4.37. The maximum atomic E-state index is 12.2. The second kappa shape index (κ2) is 5.36. The number of alkyl halides is 3. The van der Waals surface area contributed by atoms with Crippen LogP contribution in [0.2, 0.25) is 0 Å². The molecule has 0 bridgehead atoms. The van der Waals surface area contributed by atoms with Crippen molar-refractivity contribution in [2.75, 3.05) is 13.1 Å². The lowest BCUT2D eigenvalue weighted by molar-refractivity contribution is -0.146. The van der Waals surface area contributed by atoms with E-state index >= 15 is 0 Å². The molecular formula is C10H15F3N2O. The molecule has 6 heteroatoms. The summed E-state index contributed by atoms with van der Waals surface area (Å²) in [4.78, 5) is 1.30. The van der Waals surface area contributed by atoms with Crippen LogP contribution >= 0.6 is 0 Å². The van der Waals surface area contributed by atoms with Crippen LogP contribution in [0.4, 0.5) is 13.2 Å². The van der Waals surface area contributed by atoms with E-state index in [-0.39, 0.29) is 13.1 Å². The normalized spacial score (nSPS) is 12.4. The van der Waals surface area contributed by atoms with Gasteiger partial charge >= 0.3 is 6.18 Å². The smallest absolute Gasteiger partial charge is 0.401 e. The molecule has 0 saturated carbocycles. The lowest BCUT2D eigenvalue weighted by atomic mass is 10.2. The molecule has 0 aromatic carbocycles. The third-order valence-corrected chi connectivity index (χ3v) is 2.27. The Balaban J connectivity index is 2.63. The van der Waals surface area contributed by atoms with Crippen molar-refractivity contribution in [3.05, 3.63) is 23.7 Å². The summed E-state index contributed by atoms with van der Waals surface area (Å²) in [5.74, 6) is 0.542. The van der Waals surface area contributed by atoms with Crippen LogP contribution in [0, 0.1) is 0 Å². The third kappa shape index (κ3) is 3.86. The van der Waals surface area contributed by atoms with E-state index in [9.17, 15) is 13.2 Å². The second-order valence-corrected chi connectivity index (χ2v) is 3.49. The molecule has 0 saturated heterocycles. The van der Waals surface area contributed by atoms with Gasteiger partial charge in [-0.2, -0.15) is 13.2 Å². The summed E-state index contributed by atoms with van der Waals surface area (Å²) in [6.07, 6.45) is -2.73. The van der Waals surface area contributed by atoms with Gasteiger partial charge in [0, 0.05) is 12.1 Å². The first kappa shape index (κ1) is 13.1. The highest BCUT2D eigenvalue weighted by Crippen LogP contribution is 2.19. The summed E-state index contributed by atoms with van der Waals surface area (Å²) in [5.41, 5.74) is 6.12. The Morgan fingerprint density at radius 2 is 2.12 bits per heavy atom. The van der Waals surface area contributed by atoms with Crippen LogP contribution in [0.15, 0.2) is 16.7 Å². The Morgan fingerprint density at radius 1 is 1.44 bits per heavy atom. The number of rotatable bonds is 5. The standard InChI is InChI=1S/C10H15F3N2O/c1-2-15(7-10(11,12)13)6-8-3-4-16-9(8)5-14/h3-4H,2,5-7,14H2,1H3. The zero-order chi connectivity index (χ0) is 12.2. The topological polar surface area (TPSA) is 42.4 Å². The molecule has 3 nitrogen and oxygen atoms in total. The quantitative estimate of drug-likeness (QED) is 0.851. The van der Waals surface area contributed by atoms with Gasteiger partial charge in [0.25, 0.3) is 0 Å². The zero-order valence-corrected chi connectivity index (χ0v) is 9.05. The fraction of sp³-hybridized carbons (Fsp3) is 0.600. The summed E-state index contributed by atoms with van der Waals surface area (Å²) >= 11 is 0. The number of hydrogen-bond donors (Lipinski definition) is 1. The van der Waals surface area contributed by atoms with Gasteiger partial charge in [-0.25, -0.2) is 0 Å². The SMILES string of the molecule is CCN(Cc1ccoc1CN)CC(F)(F)F. The van der Waals surface area contributed by atoms with E-state index in [0.29, 0.717) is 17.9 Å². The minimum Gasteiger partial charge on any atom is -0.468 e. The van der Waals surface area contributed by atoms with E-state index < -0.39 is 12.7 Å². The fourth-order valence-corrected chi connectivity index (χ4v) is 1.46. The van der Waals surface area contributed by atoms with Crippen molar-refractivity contribution in [3.63, 3.8) is 0 Å². The first-order valence-electron chi connectivity index (χ1n) is 5.00. The molecule has 1 aromatic heterocycles. The highest BCUT2D eigenvalue weighted by atomic mass is 19.4. The number of nitrogens with zero attached hydrogens (tertiary/aromatic N) is 1. The lowest BCUT2D eigenvalue weighted by Gasteiger charge is -2.21. The molecule has 0 aliphatic rings. The van der Waals surface area contributed by atoms with Gasteiger partial charge in [-0.3, -0.25) is 4.90 Å². The minimum absolute atomic E-state index is 0.200. The van der Waals surface area contributed by atoms with Gasteiger partial charge < -0.3 is 10.2 Å². The molecule has 0 aliphatic heterocycles.